The molecule has 0 bridgehead atoms. The van der Waals surface area contributed by atoms with Crippen LogP contribution in [0, 0.1) is 17.5 Å². The number of benzene rings is 4. The normalized spacial score (nSPS) is 11.3. The van der Waals surface area contributed by atoms with Crippen LogP contribution in [0.3, 0.4) is 0 Å². The molecule has 0 aromatic heterocycles. The molecular formula is C29H26ClF3. The molecule has 0 amide bonds. The van der Waals surface area contributed by atoms with Crippen LogP contribution in [-0.2, 0) is 32.1 Å². The maximum Gasteiger partial charge on any atom is 0.134 e. The summed E-state index contributed by atoms with van der Waals surface area (Å²) in [6.07, 6.45) is 3.57. The van der Waals surface area contributed by atoms with Gasteiger partial charge in [0.15, 0.2) is 0 Å². The third-order valence-electron chi connectivity index (χ3n) is 6.10. The van der Waals surface area contributed by atoms with Gasteiger partial charge in [-0.05, 0) is 84.0 Å². The zero-order valence-electron chi connectivity index (χ0n) is 18.6. The second-order valence-electron chi connectivity index (χ2n) is 8.51. The first kappa shape index (κ1) is 23.4. The highest BCUT2D eigenvalue weighted by Crippen LogP contribution is 2.25. The van der Waals surface area contributed by atoms with E-state index in [0.717, 1.165) is 29.4 Å². The van der Waals surface area contributed by atoms with Crippen molar-refractivity contribution in [2.75, 3.05) is 0 Å². The summed E-state index contributed by atoms with van der Waals surface area (Å²) >= 11 is 5.93. The third kappa shape index (κ3) is 5.59. The summed E-state index contributed by atoms with van der Waals surface area (Å²) in [5.74, 6) is -1.19. The van der Waals surface area contributed by atoms with Crippen LogP contribution in [0.2, 0.25) is 5.02 Å². The first-order valence-corrected chi connectivity index (χ1v) is 11.7. The van der Waals surface area contributed by atoms with Gasteiger partial charge < -0.3 is 0 Å². The average molecular weight is 467 g/mol. The van der Waals surface area contributed by atoms with Crippen molar-refractivity contribution < 1.29 is 13.2 Å². The Balaban J connectivity index is 1.47. The molecule has 0 N–H and O–H groups in total. The highest BCUT2D eigenvalue weighted by Gasteiger charge is 2.13. The van der Waals surface area contributed by atoms with E-state index in [-0.39, 0.29) is 17.8 Å². The van der Waals surface area contributed by atoms with Gasteiger partial charge in [0.2, 0.25) is 0 Å². The summed E-state index contributed by atoms with van der Waals surface area (Å²) in [5, 5.41) is 2.04. The summed E-state index contributed by atoms with van der Waals surface area (Å²) in [5.41, 5.74) is 3.49. The van der Waals surface area contributed by atoms with E-state index in [0.29, 0.717) is 40.8 Å². The Bertz CT molecular complexity index is 1240. The summed E-state index contributed by atoms with van der Waals surface area (Å²) in [7, 11) is 0. The fourth-order valence-corrected chi connectivity index (χ4v) is 4.39. The smallest absolute Gasteiger partial charge is 0.134 e. The molecule has 170 valence electrons. The van der Waals surface area contributed by atoms with Crippen molar-refractivity contribution in [1.29, 1.82) is 0 Å². The average Bonchev–Trinajstić information content (AvgIpc) is 2.79. The van der Waals surface area contributed by atoms with Crippen molar-refractivity contribution in [3.63, 3.8) is 0 Å². The topological polar surface area (TPSA) is 0 Å². The Kier molecular flexibility index (Phi) is 7.39. The number of hydrogen-bond acceptors (Lipinski definition) is 0. The molecule has 0 aliphatic carbocycles. The van der Waals surface area contributed by atoms with E-state index in [2.05, 4.69) is 0 Å². The van der Waals surface area contributed by atoms with Gasteiger partial charge in [0, 0.05) is 16.0 Å². The lowest BCUT2D eigenvalue weighted by Gasteiger charge is -2.10. The molecule has 0 unspecified atom stereocenters. The Labute approximate surface area is 198 Å². The fraction of sp³-hybridized carbons (Fsp3) is 0.241. The van der Waals surface area contributed by atoms with E-state index >= 15 is 4.39 Å². The quantitative estimate of drug-likeness (QED) is 0.244. The lowest BCUT2D eigenvalue weighted by atomic mass is 9.96. The minimum absolute atomic E-state index is 0.110. The van der Waals surface area contributed by atoms with Gasteiger partial charge >= 0.3 is 0 Å². The van der Waals surface area contributed by atoms with Gasteiger partial charge in [-0.25, -0.2) is 13.2 Å². The summed E-state index contributed by atoms with van der Waals surface area (Å²) in [6, 6.07) is 19.7. The molecule has 0 saturated carbocycles. The highest BCUT2D eigenvalue weighted by molar-refractivity contribution is 6.30. The molecule has 0 atom stereocenters. The Morgan fingerprint density at radius 3 is 2.00 bits per heavy atom. The molecule has 0 radical (unpaired) electrons. The zero-order chi connectivity index (χ0) is 23.4. The molecule has 0 aliphatic rings. The van der Waals surface area contributed by atoms with Gasteiger partial charge in [-0.2, -0.15) is 0 Å². The van der Waals surface area contributed by atoms with Gasteiger partial charge in [0.05, 0.1) is 0 Å². The maximum absolute atomic E-state index is 15.1. The van der Waals surface area contributed by atoms with Gasteiger partial charge in [-0.15, -0.1) is 0 Å². The Hall–Kier alpha value is -2.78. The van der Waals surface area contributed by atoms with E-state index in [1.165, 1.54) is 12.1 Å². The number of rotatable bonds is 8. The van der Waals surface area contributed by atoms with Crippen molar-refractivity contribution in [3.8, 4) is 0 Å². The molecule has 4 aromatic carbocycles. The molecule has 0 saturated heterocycles. The Morgan fingerprint density at radius 1 is 0.636 bits per heavy atom. The van der Waals surface area contributed by atoms with Crippen molar-refractivity contribution >= 4 is 22.4 Å². The van der Waals surface area contributed by atoms with E-state index in [1.54, 1.807) is 6.07 Å². The molecule has 4 rings (SSSR count). The largest absolute Gasteiger partial charge is 0.207 e. The lowest BCUT2D eigenvalue weighted by Crippen LogP contribution is -2.01. The van der Waals surface area contributed by atoms with Gasteiger partial charge in [-0.3, -0.25) is 0 Å². The van der Waals surface area contributed by atoms with Crippen LogP contribution < -0.4 is 0 Å². The second-order valence-corrected chi connectivity index (χ2v) is 8.95. The Morgan fingerprint density at radius 2 is 1.30 bits per heavy atom. The molecular weight excluding hydrogens is 441 g/mol. The summed E-state index contributed by atoms with van der Waals surface area (Å²) < 4.78 is 43.9. The predicted octanol–water partition coefficient (Wildman–Crippen LogP) is 8.43. The third-order valence-corrected chi connectivity index (χ3v) is 6.35. The standard InChI is InChI=1S/C29H26ClF3/c1-2-3-21-17-27(31)26(28(32)18-21)15-8-20-7-14-25-23(16-20)11-10-22(29(25)33)9-4-19-5-12-24(30)13-6-19/h5-7,10-14,16-18H,2-4,8-9,15H2,1H3. The van der Waals surface area contributed by atoms with Crippen LogP contribution in [0.5, 0.6) is 0 Å². The van der Waals surface area contributed by atoms with E-state index < -0.39 is 11.6 Å². The molecule has 33 heavy (non-hydrogen) atoms. The van der Waals surface area contributed by atoms with Crippen molar-refractivity contribution in [3.05, 3.63) is 117 Å². The fourth-order valence-electron chi connectivity index (χ4n) is 4.26. The van der Waals surface area contributed by atoms with Crippen LogP contribution in [0.15, 0.2) is 66.7 Å². The minimum Gasteiger partial charge on any atom is -0.207 e. The van der Waals surface area contributed by atoms with Crippen molar-refractivity contribution in [2.45, 2.75) is 45.4 Å². The van der Waals surface area contributed by atoms with Crippen LogP contribution in [-0.4, -0.2) is 0 Å². The van der Waals surface area contributed by atoms with Crippen LogP contribution in [0.4, 0.5) is 13.2 Å². The van der Waals surface area contributed by atoms with Crippen LogP contribution >= 0.6 is 11.6 Å². The molecule has 0 spiro atoms. The number of halogens is 4. The molecule has 4 aromatic rings. The van der Waals surface area contributed by atoms with E-state index in [1.807, 2.05) is 55.5 Å². The van der Waals surface area contributed by atoms with E-state index in [9.17, 15) is 8.78 Å². The minimum atomic E-state index is -0.490. The zero-order valence-corrected chi connectivity index (χ0v) is 19.4. The van der Waals surface area contributed by atoms with Gasteiger partial charge in [0.25, 0.3) is 0 Å². The first-order chi connectivity index (χ1) is 15.9. The van der Waals surface area contributed by atoms with Gasteiger partial charge in [-0.1, -0.05) is 67.4 Å². The second kappa shape index (κ2) is 10.4. The van der Waals surface area contributed by atoms with Crippen LogP contribution in [0.1, 0.15) is 41.2 Å². The maximum atomic E-state index is 15.1. The predicted molar refractivity (Wildman–Crippen MR) is 131 cm³/mol. The van der Waals surface area contributed by atoms with E-state index in [4.69, 9.17) is 11.6 Å². The SMILES string of the molecule is CCCc1cc(F)c(CCc2ccc3c(F)c(CCc4ccc(Cl)cc4)ccc3c2)c(F)c1. The van der Waals surface area contributed by atoms with Crippen molar-refractivity contribution in [2.24, 2.45) is 0 Å². The monoisotopic (exact) mass is 466 g/mol. The van der Waals surface area contributed by atoms with Gasteiger partial charge in [0.1, 0.15) is 17.5 Å². The molecule has 0 heterocycles. The number of aryl methyl sites for hydroxylation is 4. The number of hydrogen-bond donors (Lipinski definition) is 0. The summed E-state index contributed by atoms with van der Waals surface area (Å²) in [6.45, 7) is 1.98. The highest BCUT2D eigenvalue weighted by atomic mass is 35.5. The number of fused-ring (bicyclic) bond motifs is 1. The molecule has 0 aliphatic heterocycles. The summed E-state index contributed by atoms with van der Waals surface area (Å²) in [4.78, 5) is 0. The van der Waals surface area contributed by atoms with Crippen LogP contribution in [0.25, 0.3) is 10.8 Å². The molecule has 0 fully saturated rings. The first-order valence-electron chi connectivity index (χ1n) is 11.4. The molecule has 4 heteroatoms. The lowest BCUT2D eigenvalue weighted by molar-refractivity contribution is 0.551. The van der Waals surface area contributed by atoms with Crippen molar-refractivity contribution in [1.82, 2.24) is 0 Å². The molecule has 0 nitrogen and oxygen atoms in total.